The Hall–Kier alpha value is -0.860. The zero-order chi connectivity index (χ0) is 21.9. The Morgan fingerprint density at radius 1 is 1.20 bits per heavy atom. The van der Waals surface area contributed by atoms with E-state index in [0.717, 1.165) is 11.1 Å². The van der Waals surface area contributed by atoms with Crippen molar-refractivity contribution in [3.05, 3.63) is 47.5 Å². The third kappa shape index (κ3) is 6.10. The Labute approximate surface area is 191 Å². The van der Waals surface area contributed by atoms with E-state index in [1.807, 2.05) is 44.2 Å². The van der Waals surface area contributed by atoms with Gasteiger partial charge in [0, 0.05) is 5.92 Å². The summed E-state index contributed by atoms with van der Waals surface area (Å²) in [6.45, 7) is 6.61. The van der Waals surface area contributed by atoms with Gasteiger partial charge in [-0.15, -0.1) is 0 Å². The highest BCUT2D eigenvalue weighted by Crippen LogP contribution is 2.42. The molecule has 2 aliphatic heterocycles. The lowest BCUT2D eigenvalue weighted by Gasteiger charge is -2.25. The number of nitrogens with one attached hydrogen (secondary N) is 1. The summed E-state index contributed by atoms with van der Waals surface area (Å²) in [5.74, 6) is -1.08. The molecule has 0 amide bonds. The summed E-state index contributed by atoms with van der Waals surface area (Å²) in [5.41, 5.74) is 1.92. The molecule has 1 N–H and O–H groups in total. The molecule has 166 valence electrons. The van der Waals surface area contributed by atoms with Gasteiger partial charge in [0.05, 0.1) is 19.3 Å². The number of benzene rings is 1. The molecule has 1 aromatic rings. The summed E-state index contributed by atoms with van der Waals surface area (Å²) in [6, 6.07) is 9.88. The number of ether oxygens (including phenoxy) is 5. The summed E-state index contributed by atoms with van der Waals surface area (Å²) >= 11 is 17.0. The number of hydrogen-bond acceptors (Lipinski definition) is 6. The molecular weight excluding hydrogens is 453 g/mol. The van der Waals surface area contributed by atoms with Crippen LogP contribution in [0.1, 0.15) is 26.3 Å². The van der Waals surface area contributed by atoms with Crippen molar-refractivity contribution in [1.82, 2.24) is 0 Å². The highest BCUT2D eigenvalue weighted by molar-refractivity contribution is 6.76. The quantitative estimate of drug-likeness (QED) is 0.258. The van der Waals surface area contributed by atoms with Crippen LogP contribution in [0.25, 0.3) is 0 Å². The van der Waals surface area contributed by atoms with E-state index in [2.05, 4.69) is 6.92 Å². The topological polar surface area (TPSA) is 70.0 Å². The van der Waals surface area contributed by atoms with E-state index < -0.39 is 21.8 Å². The minimum atomic E-state index is -1.90. The van der Waals surface area contributed by atoms with Gasteiger partial charge in [-0.25, -0.2) is 0 Å². The first-order valence-electron chi connectivity index (χ1n) is 9.67. The molecule has 9 heteroatoms. The molecule has 2 fully saturated rings. The van der Waals surface area contributed by atoms with Gasteiger partial charge < -0.3 is 23.7 Å². The highest BCUT2D eigenvalue weighted by Gasteiger charge is 2.53. The second-order valence-electron chi connectivity index (χ2n) is 7.78. The summed E-state index contributed by atoms with van der Waals surface area (Å²) in [4.78, 5) is 0. The average molecular weight is 479 g/mol. The van der Waals surface area contributed by atoms with Crippen LogP contribution < -0.4 is 0 Å². The molecule has 3 rings (SSSR count). The molecule has 1 aromatic carbocycles. The van der Waals surface area contributed by atoms with Crippen LogP contribution in [0.3, 0.4) is 0 Å². The third-order valence-corrected chi connectivity index (χ3v) is 5.46. The van der Waals surface area contributed by atoms with E-state index >= 15 is 0 Å². The van der Waals surface area contributed by atoms with Crippen molar-refractivity contribution in [2.24, 2.45) is 5.92 Å². The number of rotatable bonds is 7. The van der Waals surface area contributed by atoms with Crippen LogP contribution in [0, 0.1) is 11.3 Å². The first kappa shape index (κ1) is 23.8. The van der Waals surface area contributed by atoms with Crippen molar-refractivity contribution >= 4 is 40.7 Å². The van der Waals surface area contributed by atoms with E-state index in [1.54, 1.807) is 6.08 Å². The lowest BCUT2D eigenvalue weighted by molar-refractivity contribution is -0.205. The second-order valence-corrected chi connectivity index (χ2v) is 10.1. The molecule has 6 nitrogen and oxygen atoms in total. The van der Waals surface area contributed by atoms with E-state index in [9.17, 15) is 0 Å². The molecule has 30 heavy (non-hydrogen) atoms. The van der Waals surface area contributed by atoms with Crippen molar-refractivity contribution in [1.29, 1.82) is 5.41 Å². The fourth-order valence-electron chi connectivity index (χ4n) is 3.52. The second kappa shape index (κ2) is 9.74. The predicted molar refractivity (Wildman–Crippen MR) is 116 cm³/mol. The molecule has 0 aromatic heterocycles. The van der Waals surface area contributed by atoms with Gasteiger partial charge in [0.25, 0.3) is 3.79 Å². The first-order valence-corrected chi connectivity index (χ1v) is 10.8. The molecule has 0 spiro atoms. The van der Waals surface area contributed by atoms with Crippen LogP contribution in [-0.2, 0) is 30.3 Å². The zero-order valence-electron chi connectivity index (χ0n) is 17.1. The summed E-state index contributed by atoms with van der Waals surface area (Å²) < 4.78 is 27.3. The van der Waals surface area contributed by atoms with Gasteiger partial charge in [0.2, 0.25) is 5.90 Å². The molecule has 0 radical (unpaired) electrons. The largest absolute Gasteiger partial charge is 0.474 e. The predicted octanol–water partition coefficient (Wildman–Crippen LogP) is 5.01. The van der Waals surface area contributed by atoms with Crippen LogP contribution in [0.4, 0.5) is 0 Å². The highest BCUT2D eigenvalue weighted by atomic mass is 35.6. The van der Waals surface area contributed by atoms with Gasteiger partial charge in [0.1, 0.15) is 12.7 Å². The Morgan fingerprint density at radius 2 is 1.90 bits per heavy atom. The van der Waals surface area contributed by atoms with Crippen LogP contribution in [0.5, 0.6) is 0 Å². The Kier molecular flexibility index (Phi) is 7.72. The van der Waals surface area contributed by atoms with Crippen molar-refractivity contribution < 1.29 is 23.7 Å². The van der Waals surface area contributed by atoms with Crippen molar-refractivity contribution in [3.63, 3.8) is 0 Å². The molecular formula is C21H26Cl3NO5. The monoisotopic (exact) mass is 477 g/mol. The van der Waals surface area contributed by atoms with E-state index in [-0.39, 0.29) is 24.7 Å². The van der Waals surface area contributed by atoms with Gasteiger partial charge in [-0.05, 0) is 31.1 Å². The summed E-state index contributed by atoms with van der Waals surface area (Å²) in [6.07, 6.45) is 0.891. The number of fused-ring (bicyclic) bond motifs is 1. The molecule has 2 aliphatic rings. The van der Waals surface area contributed by atoms with Gasteiger partial charge in [-0.1, -0.05) is 72.1 Å². The Bertz CT molecular complexity index is 766. The maximum absolute atomic E-state index is 7.68. The van der Waals surface area contributed by atoms with Gasteiger partial charge in [-0.2, -0.15) is 0 Å². The van der Waals surface area contributed by atoms with Gasteiger partial charge in [0.15, 0.2) is 12.1 Å². The molecule has 2 heterocycles. The fraction of sp³-hybridized carbons (Fsp3) is 0.571. The van der Waals surface area contributed by atoms with Crippen molar-refractivity contribution in [2.45, 2.75) is 55.5 Å². The van der Waals surface area contributed by atoms with Crippen LogP contribution >= 0.6 is 34.8 Å². The Morgan fingerprint density at radius 3 is 2.53 bits per heavy atom. The summed E-state index contributed by atoms with van der Waals surface area (Å²) in [5, 5.41) is 7.68. The first-order chi connectivity index (χ1) is 14.1. The number of halogens is 3. The Balaban J connectivity index is 1.66. The SMILES string of the molecule is C[C@H]1[C@H]2OC(C)(C)O[C@H]2O[C@@H]1/C(=C/COC(=N)C(Cl)(Cl)Cl)COCc1ccccc1. The van der Waals surface area contributed by atoms with Gasteiger partial charge in [-0.3, -0.25) is 5.41 Å². The van der Waals surface area contributed by atoms with E-state index in [1.165, 1.54) is 0 Å². The standard InChI is InChI=1S/C21H26Cl3NO5/c1-13-16(28-18-17(13)29-20(2,3)30-18)15(9-10-27-19(25)21(22,23)24)12-26-11-14-7-5-4-6-8-14/h4-9,13,16-18,25H,10-12H2,1-3H3/b15-9+,25-19?/t13-,16+,17-,18-/m1/s1. The smallest absolute Gasteiger partial charge is 0.265 e. The molecule has 0 aliphatic carbocycles. The maximum Gasteiger partial charge on any atom is 0.265 e. The normalized spacial score (nSPS) is 28.4. The van der Waals surface area contributed by atoms with Crippen LogP contribution in [-0.4, -0.2) is 47.2 Å². The summed E-state index contributed by atoms with van der Waals surface area (Å²) in [7, 11) is 0. The third-order valence-electron chi connectivity index (χ3n) is 4.94. The van der Waals surface area contributed by atoms with Crippen molar-refractivity contribution in [3.8, 4) is 0 Å². The van der Waals surface area contributed by atoms with E-state index in [4.69, 9.17) is 63.9 Å². The lowest BCUT2D eigenvalue weighted by atomic mass is 9.95. The van der Waals surface area contributed by atoms with E-state index in [0.29, 0.717) is 13.2 Å². The number of hydrogen-bond donors (Lipinski definition) is 1. The molecule has 0 unspecified atom stereocenters. The number of alkyl halides is 3. The maximum atomic E-state index is 7.68. The zero-order valence-corrected chi connectivity index (χ0v) is 19.3. The van der Waals surface area contributed by atoms with Gasteiger partial charge >= 0.3 is 0 Å². The molecule has 4 atom stereocenters. The van der Waals surface area contributed by atoms with Crippen LogP contribution in [0.15, 0.2) is 42.0 Å². The molecule has 0 bridgehead atoms. The average Bonchev–Trinajstić information content (AvgIpc) is 3.13. The fourth-order valence-corrected chi connectivity index (χ4v) is 3.68. The lowest BCUT2D eigenvalue weighted by Crippen LogP contribution is -2.30. The van der Waals surface area contributed by atoms with Crippen LogP contribution in [0.2, 0.25) is 0 Å². The van der Waals surface area contributed by atoms with Crippen molar-refractivity contribution in [2.75, 3.05) is 13.2 Å². The molecule has 2 saturated heterocycles. The minimum Gasteiger partial charge on any atom is -0.474 e. The molecule has 0 saturated carbocycles. The minimum absolute atomic E-state index is 0.0379.